The van der Waals surface area contributed by atoms with E-state index in [0.717, 1.165) is 0 Å². The molecule has 0 atom stereocenters. The van der Waals surface area contributed by atoms with E-state index < -0.39 is 0 Å². The number of nitrogens with zero attached hydrogens (tertiary/aromatic N) is 3. The van der Waals surface area contributed by atoms with E-state index >= 15 is 0 Å². The van der Waals surface area contributed by atoms with Crippen molar-refractivity contribution >= 4 is 5.91 Å². The van der Waals surface area contributed by atoms with Crippen molar-refractivity contribution in [3.63, 3.8) is 0 Å². The Labute approximate surface area is 76.2 Å². The van der Waals surface area contributed by atoms with Crippen LogP contribution in [0.25, 0.3) is 0 Å². The fourth-order valence-electron chi connectivity index (χ4n) is 0.806. The van der Waals surface area contributed by atoms with Gasteiger partial charge in [-0.15, -0.1) is 0 Å². The van der Waals surface area contributed by atoms with Gasteiger partial charge < -0.3 is 4.90 Å². The van der Waals surface area contributed by atoms with E-state index in [-0.39, 0.29) is 5.91 Å². The van der Waals surface area contributed by atoms with Crippen LogP contribution in [0.2, 0.25) is 0 Å². The van der Waals surface area contributed by atoms with Crippen molar-refractivity contribution in [1.82, 2.24) is 20.1 Å². The third kappa shape index (κ3) is 2.60. The Morgan fingerprint density at radius 3 is 3.08 bits per heavy atom. The second-order valence-electron chi connectivity index (χ2n) is 2.47. The van der Waals surface area contributed by atoms with Gasteiger partial charge in [0.15, 0.2) is 0 Å². The number of aromatic amines is 1. The van der Waals surface area contributed by atoms with Crippen molar-refractivity contribution in [1.29, 1.82) is 0 Å². The van der Waals surface area contributed by atoms with Crippen LogP contribution in [0.1, 0.15) is 12.7 Å². The maximum atomic E-state index is 11.2. The molecule has 5 nitrogen and oxygen atoms in total. The number of amides is 1. The molecule has 0 fully saturated rings. The number of rotatable bonds is 2. The van der Waals surface area contributed by atoms with Gasteiger partial charge in [-0.1, -0.05) is 5.92 Å². The van der Waals surface area contributed by atoms with Crippen LogP contribution in [0.4, 0.5) is 0 Å². The molecule has 0 aliphatic rings. The van der Waals surface area contributed by atoms with E-state index in [2.05, 4.69) is 27.0 Å². The highest BCUT2D eigenvalue weighted by atomic mass is 16.2. The molecule has 1 aromatic heterocycles. The topological polar surface area (TPSA) is 61.9 Å². The Morgan fingerprint density at radius 1 is 1.77 bits per heavy atom. The predicted octanol–water partition coefficient (Wildman–Crippen LogP) is -0.214. The van der Waals surface area contributed by atoms with Crippen molar-refractivity contribution in [3.8, 4) is 11.8 Å². The smallest absolute Gasteiger partial charge is 0.298 e. The number of aromatic nitrogens is 3. The molecule has 1 N–H and O–H groups in total. The van der Waals surface area contributed by atoms with Gasteiger partial charge in [0.1, 0.15) is 12.2 Å². The summed E-state index contributed by atoms with van der Waals surface area (Å²) in [4.78, 5) is 16.5. The van der Waals surface area contributed by atoms with Crippen LogP contribution in [0.5, 0.6) is 0 Å². The molecule has 0 aliphatic heterocycles. The Hall–Kier alpha value is -1.83. The predicted molar refractivity (Wildman–Crippen MR) is 46.3 cm³/mol. The lowest BCUT2D eigenvalue weighted by atomic mass is 10.4. The van der Waals surface area contributed by atoms with Crippen LogP contribution in [0.15, 0.2) is 6.33 Å². The highest BCUT2D eigenvalue weighted by molar-refractivity contribution is 5.93. The van der Waals surface area contributed by atoms with Crippen molar-refractivity contribution in [2.75, 3.05) is 7.05 Å². The van der Waals surface area contributed by atoms with E-state index in [4.69, 9.17) is 0 Å². The number of carbonyl (C=O) groups is 1. The number of carbonyl (C=O) groups excluding carboxylic acids is 1. The minimum Gasteiger partial charge on any atom is -0.327 e. The second kappa shape index (κ2) is 4.26. The zero-order valence-corrected chi connectivity index (χ0v) is 7.53. The average molecular weight is 178 g/mol. The number of H-pyrrole nitrogens is 1. The molecule has 5 heteroatoms. The molecule has 0 unspecified atom stereocenters. The Bertz CT molecular complexity index is 333. The zero-order valence-electron chi connectivity index (χ0n) is 7.53. The van der Waals surface area contributed by atoms with Crippen molar-refractivity contribution in [3.05, 3.63) is 12.2 Å². The Balaban J connectivity index is 2.54. The van der Waals surface area contributed by atoms with Crippen LogP contribution in [0, 0.1) is 11.8 Å². The maximum absolute atomic E-state index is 11.2. The standard InChI is InChI=1S/C8H10N4O/c1-3-4-8(13)12(2)5-7-9-6-10-11-7/h6H,5H2,1-2H3,(H,9,10,11). The Morgan fingerprint density at radius 2 is 2.54 bits per heavy atom. The summed E-state index contributed by atoms with van der Waals surface area (Å²) < 4.78 is 0. The molecule has 13 heavy (non-hydrogen) atoms. The molecule has 0 radical (unpaired) electrons. The van der Waals surface area contributed by atoms with E-state index in [1.807, 2.05) is 0 Å². The summed E-state index contributed by atoms with van der Waals surface area (Å²) in [5.41, 5.74) is 0. The SMILES string of the molecule is CC#CC(=O)N(C)Cc1ncn[nH]1. The first-order valence-electron chi connectivity index (χ1n) is 3.76. The van der Waals surface area contributed by atoms with E-state index in [0.29, 0.717) is 12.4 Å². The first-order chi connectivity index (χ1) is 6.24. The first-order valence-corrected chi connectivity index (χ1v) is 3.76. The summed E-state index contributed by atoms with van der Waals surface area (Å²) in [7, 11) is 1.66. The van der Waals surface area contributed by atoms with E-state index in [1.165, 1.54) is 11.2 Å². The van der Waals surface area contributed by atoms with Gasteiger partial charge in [-0.25, -0.2) is 4.98 Å². The second-order valence-corrected chi connectivity index (χ2v) is 2.47. The zero-order chi connectivity index (χ0) is 9.68. The summed E-state index contributed by atoms with van der Waals surface area (Å²) >= 11 is 0. The van der Waals surface area contributed by atoms with Crippen molar-refractivity contribution in [2.24, 2.45) is 0 Å². The largest absolute Gasteiger partial charge is 0.327 e. The van der Waals surface area contributed by atoms with Gasteiger partial charge in [0.05, 0.1) is 6.54 Å². The summed E-state index contributed by atoms with van der Waals surface area (Å²) in [6.07, 6.45) is 1.40. The third-order valence-electron chi connectivity index (χ3n) is 1.43. The highest BCUT2D eigenvalue weighted by Gasteiger charge is 2.06. The lowest BCUT2D eigenvalue weighted by molar-refractivity contribution is -0.124. The maximum Gasteiger partial charge on any atom is 0.298 e. The first kappa shape index (κ1) is 9.26. The van der Waals surface area contributed by atoms with Gasteiger partial charge in [0.25, 0.3) is 5.91 Å². The monoisotopic (exact) mass is 178 g/mol. The molecule has 1 heterocycles. The van der Waals surface area contributed by atoms with Crippen molar-refractivity contribution in [2.45, 2.75) is 13.5 Å². The van der Waals surface area contributed by atoms with Crippen LogP contribution >= 0.6 is 0 Å². The molecule has 0 saturated heterocycles. The minimum atomic E-state index is -0.223. The summed E-state index contributed by atoms with van der Waals surface area (Å²) in [5, 5.41) is 6.33. The molecule has 1 amide bonds. The van der Waals surface area contributed by atoms with Crippen LogP contribution < -0.4 is 0 Å². The van der Waals surface area contributed by atoms with E-state index in [9.17, 15) is 4.79 Å². The minimum absolute atomic E-state index is 0.223. The molecule has 1 aromatic rings. The van der Waals surface area contributed by atoms with Crippen molar-refractivity contribution < 1.29 is 4.79 Å². The number of nitrogens with one attached hydrogen (secondary N) is 1. The lowest BCUT2D eigenvalue weighted by Crippen LogP contribution is -2.25. The van der Waals surface area contributed by atoms with Crippen LogP contribution in [-0.2, 0) is 11.3 Å². The summed E-state index contributed by atoms with van der Waals surface area (Å²) in [6, 6.07) is 0. The van der Waals surface area contributed by atoms with Gasteiger partial charge in [0.2, 0.25) is 0 Å². The number of hydrogen-bond donors (Lipinski definition) is 1. The molecule has 0 spiro atoms. The third-order valence-corrected chi connectivity index (χ3v) is 1.43. The number of hydrogen-bond acceptors (Lipinski definition) is 3. The highest BCUT2D eigenvalue weighted by Crippen LogP contribution is 1.93. The van der Waals surface area contributed by atoms with Crippen LogP contribution in [-0.4, -0.2) is 33.0 Å². The van der Waals surface area contributed by atoms with Gasteiger partial charge in [-0.05, 0) is 12.8 Å². The van der Waals surface area contributed by atoms with Gasteiger partial charge >= 0.3 is 0 Å². The quantitative estimate of drug-likeness (QED) is 0.637. The molecule has 0 aromatic carbocycles. The Kier molecular flexibility index (Phi) is 3.03. The normalized spacial score (nSPS) is 8.77. The molecule has 1 rings (SSSR count). The average Bonchev–Trinajstić information content (AvgIpc) is 2.57. The van der Waals surface area contributed by atoms with Crippen LogP contribution in [0.3, 0.4) is 0 Å². The molecular weight excluding hydrogens is 168 g/mol. The fraction of sp³-hybridized carbons (Fsp3) is 0.375. The molecule has 68 valence electrons. The van der Waals surface area contributed by atoms with E-state index in [1.54, 1.807) is 14.0 Å². The molecule has 0 bridgehead atoms. The molecule has 0 aliphatic carbocycles. The summed E-state index contributed by atoms with van der Waals surface area (Å²) in [6.45, 7) is 2.02. The van der Waals surface area contributed by atoms with Gasteiger partial charge in [-0.3, -0.25) is 9.89 Å². The lowest BCUT2D eigenvalue weighted by Gasteiger charge is -2.10. The molecular formula is C8H10N4O. The summed E-state index contributed by atoms with van der Waals surface area (Å²) in [5.74, 6) is 5.40. The van der Waals surface area contributed by atoms with Gasteiger partial charge in [-0.2, -0.15) is 5.10 Å². The van der Waals surface area contributed by atoms with Gasteiger partial charge in [0, 0.05) is 7.05 Å². The molecule has 0 saturated carbocycles. The fourth-order valence-corrected chi connectivity index (χ4v) is 0.806.